The predicted octanol–water partition coefficient (Wildman–Crippen LogP) is 2.65. The maximum atomic E-state index is 13.3. The van der Waals surface area contributed by atoms with Crippen LogP contribution in [0.15, 0.2) is 23.7 Å². The summed E-state index contributed by atoms with van der Waals surface area (Å²) in [6.07, 6.45) is 2.11. The van der Waals surface area contributed by atoms with Crippen molar-refractivity contribution in [3.63, 3.8) is 0 Å². The third-order valence-corrected chi connectivity index (χ3v) is 4.24. The summed E-state index contributed by atoms with van der Waals surface area (Å²) in [5.74, 6) is -0.576. The van der Waals surface area contributed by atoms with E-state index in [2.05, 4.69) is 0 Å². The molecule has 1 aliphatic rings. The van der Waals surface area contributed by atoms with E-state index >= 15 is 0 Å². The second kappa shape index (κ2) is 5.95. The molecule has 1 aliphatic heterocycles. The molecular formula is C16H20BFO4. The van der Waals surface area contributed by atoms with Crippen molar-refractivity contribution in [2.24, 2.45) is 0 Å². The predicted molar refractivity (Wildman–Crippen MR) is 82.9 cm³/mol. The zero-order valence-electron chi connectivity index (χ0n) is 13.2. The highest BCUT2D eigenvalue weighted by Crippen LogP contribution is 2.38. The molecule has 2 rings (SSSR count). The molecule has 0 atom stereocenters. The normalized spacial score (nSPS) is 20.3. The van der Waals surface area contributed by atoms with Crippen molar-refractivity contribution in [3.05, 3.63) is 40.6 Å². The van der Waals surface area contributed by atoms with Crippen LogP contribution in [0.2, 0.25) is 0 Å². The van der Waals surface area contributed by atoms with E-state index in [1.807, 2.05) is 27.7 Å². The van der Waals surface area contributed by atoms with Crippen LogP contribution in [0.4, 0.5) is 4.39 Å². The summed E-state index contributed by atoms with van der Waals surface area (Å²) in [5.41, 5.74) is 0.0649. The molecule has 1 saturated heterocycles. The number of hydrogen-bond donors (Lipinski definition) is 1. The van der Waals surface area contributed by atoms with Gasteiger partial charge in [0, 0.05) is 0 Å². The van der Waals surface area contributed by atoms with Gasteiger partial charge in [-0.1, -0.05) is 12.1 Å². The van der Waals surface area contributed by atoms with Gasteiger partial charge in [-0.05, 0) is 50.9 Å². The van der Waals surface area contributed by atoms with Crippen LogP contribution in [0.5, 0.6) is 0 Å². The van der Waals surface area contributed by atoms with Gasteiger partial charge in [-0.15, -0.1) is 0 Å². The minimum Gasteiger partial charge on any atom is -0.400 e. The summed E-state index contributed by atoms with van der Waals surface area (Å²) in [5, 5.41) is 9.60. The van der Waals surface area contributed by atoms with Gasteiger partial charge in [-0.25, -0.2) is 4.39 Å². The average Bonchev–Trinajstić information content (AvgIpc) is 2.66. The van der Waals surface area contributed by atoms with E-state index in [0.717, 1.165) is 0 Å². The summed E-state index contributed by atoms with van der Waals surface area (Å²) in [6.45, 7) is 7.42. The molecule has 1 aromatic rings. The van der Waals surface area contributed by atoms with Gasteiger partial charge in [0.2, 0.25) is 0 Å². The molecule has 0 unspecified atom stereocenters. The molecule has 22 heavy (non-hydrogen) atoms. The van der Waals surface area contributed by atoms with Crippen LogP contribution >= 0.6 is 0 Å². The van der Waals surface area contributed by atoms with Gasteiger partial charge in [-0.2, -0.15) is 0 Å². The molecule has 0 saturated carbocycles. The fourth-order valence-electron chi connectivity index (χ4n) is 2.14. The second-order valence-corrected chi connectivity index (χ2v) is 6.36. The topological polar surface area (TPSA) is 55.8 Å². The molecule has 4 nitrogen and oxygen atoms in total. The van der Waals surface area contributed by atoms with Gasteiger partial charge < -0.3 is 14.4 Å². The Balaban J connectivity index is 2.31. The molecule has 118 valence electrons. The number of carbonyl (C=O) groups is 1. The minimum atomic E-state index is -0.681. The van der Waals surface area contributed by atoms with Crippen LogP contribution in [0.1, 0.15) is 43.6 Å². The molecule has 0 aliphatic carbocycles. The lowest BCUT2D eigenvalue weighted by Crippen LogP contribution is -2.41. The Morgan fingerprint density at radius 1 is 1.27 bits per heavy atom. The number of hydrogen-bond acceptors (Lipinski definition) is 4. The van der Waals surface area contributed by atoms with Crippen LogP contribution in [0, 0.1) is 5.82 Å². The number of aliphatic hydroxyl groups is 1. The van der Waals surface area contributed by atoms with E-state index in [0.29, 0.717) is 17.3 Å². The zero-order chi connectivity index (χ0) is 16.5. The van der Waals surface area contributed by atoms with E-state index < -0.39 is 24.1 Å². The molecule has 0 amide bonds. The molecule has 6 heteroatoms. The van der Waals surface area contributed by atoms with E-state index in [1.165, 1.54) is 18.2 Å². The molecule has 0 bridgehead atoms. The van der Waals surface area contributed by atoms with E-state index in [4.69, 9.17) is 9.31 Å². The third kappa shape index (κ3) is 3.14. The minimum absolute atomic E-state index is 0.0278. The number of rotatable bonds is 4. The first-order valence-electron chi connectivity index (χ1n) is 7.12. The smallest absolute Gasteiger partial charge is 0.400 e. The lowest BCUT2D eigenvalue weighted by atomic mass is 9.77. The Hall–Kier alpha value is -1.50. The van der Waals surface area contributed by atoms with Crippen LogP contribution in [0.25, 0.3) is 6.08 Å². The summed E-state index contributed by atoms with van der Waals surface area (Å²) in [6, 6.07) is 4.17. The molecule has 1 heterocycles. The van der Waals surface area contributed by atoms with Crippen molar-refractivity contribution in [2.75, 3.05) is 6.61 Å². The highest BCUT2D eigenvalue weighted by molar-refractivity contribution is 6.55. The summed E-state index contributed by atoms with van der Waals surface area (Å²) in [7, 11) is -0.681. The standard InChI is InChI=1S/C16H20BFO4/c1-15(2)16(3,4)22-17(21-15)13(10-20)8-11-5-6-14(18)12(7-11)9-19/h5-9,20H,10H2,1-4H3. The van der Waals surface area contributed by atoms with Gasteiger partial charge in [0.15, 0.2) is 6.29 Å². The monoisotopic (exact) mass is 306 g/mol. The Morgan fingerprint density at radius 2 is 1.86 bits per heavy atom. The highest BCUT2D eigenvalue weighted by Gasteiger charge is 2.52. The number of carbonyl (C=O) groups excluding carboxylic acids is 1. The molecular weight excluding hydrogens is 286 g/mol. The quantitative estimate of drug-likeness (QED) is 0.686. The highest BCUT2D eigenvalue weighted by atomic mass is 19.1. The maximum Gasteiger partial charge on any atom is 0.492 e. The number of benzene rings is 1. The molecule has 1 fully saturated rings. The lowest BCUT2D eigenvalue weighted by Gasteiger charge is -2.32. The zero-order valence-corrected chi connectivity index (χ0v) is 13.2. The Morgan fingerprint density at radius 3 is 2.36 bits per heavy atom. The summed E-state index contributed by atoms with van der Waals surface area (Å²) < 4.78 is 25.1. The van der Waals surface area contributed by atoms with Crippen LogP contribution in [0.3, 0.4) is 0 Å². The van der Waals surface area contributed by atoms with E-state index in [9.17, 15) is 14.3 Å². The number of aliphatic hydroxyl groups excluding tert-OH is 1. The van der Waals surface area contributed by atoms with Crippen molar-refractivity contribution < 1.29 is 23.6 Å². The van der Waals surface area contributed by atoms with Crippen molar-refractivity contribution in [3.8, 4) is 0 Å². The Labute approximate surface area is 130 Å². The lowest BCUT2D eigenvalue weighted by molar-refractivity contribution is 0.00578. The molecule has 0 aromatic heterocycles. The van der Waals surface area contributed by atoms with Gasteiger partial charge >= 0.3 is 7.12 Å². The molecule has 0 radical (unpaired) electrons. The van der Waals surface area contributed by atoms with Crippen LogP contribution in [-0.2, 0) is 9.31 Å². The fraction of sp³-hybridized carbons (Fsp3) is 0.438. The number of halogens is 1. The Bertz CT molecular complexity index is 594. The average molecular weight is 306 g/mol. The van der Waals surface area contributed by atoms with Gasteiger partial charge in [0.1, 0.15) is 5.82 Å². The molecule has 1 aromatic carbocycles. The van der Waals surface area contributed by atoms with Gasteiger partial charge in [0.05, 0.1) is 23.4 Å². The maximum absolute atomic E-state index is 13.3. The molecule has 0 spiro atoms. The largest absolute Gasteiger partial charge is 0.492 e. The van der Waals surface area contributed by atoms with Crippen molar-refractivity contribution in [2.45, 2.75) is 38.9 Å². The van der Waals surface area contributed by atoms with E-state index in [-0.39, 0.29) is 12.2 Å². The first-order chi connectivity index (χ1) is 10.2. The molecule has 1 N–H and O–H groups in total. The van der Waals surface area contributed by atoms with Crippen molar-refractivity contribution >= 4 is 19.5 Å². The first kappa shape index (κ1) is 16.9. The summed E-state index contributed by atoms with van der Waals surface area (Å²) in [4.78, 5) is 10.8. The van der Waals surface area contributed by atoms with Crippen LogP contribution in [-0.4, -0.2) is 36.3 Å². The van der Waals surface area contributed by atoms with Crippen molar-refractivity contribution in [1.82, 2.24) is 0 Å². The SMILES string of the molecule is CC1(C)OB(C(=Cc2ccc(F)c(C=O)c2)CO)OC1(C)C. The van der Waals surface area contributed by atoms with E-state index in [1.54, 1.807) is 6.08 Å². The third-order valence-electron chi connectivity index (χ3n) is 4.24. The van der Waals surface area contributed by atoms with Gasteiger partial charge in [-0.3, -0.25) is 4.79 Å². The van der Waals surface area contributed by atoms with Crippen LogP contribution < -0.4 is 0 Å². The van der Waals surface area contributed by atoms with Gasteiger partial charge in [0.25, 0.3) is 0 Å². The van der Waals surface area contributed by atoms with Crippen molar-refractivity contribution in [1.29, 1.82) is 0 Å². The number of aldehydes is 1. The Kier molecular flexibility index (Phi) is 4.56. The summed E-state index contributed by atoms with van der Waals surface area (Å²) >= 11 is 0. The second-order valence-electron chi connectivity index (χ2n) is 6.36. The fourth-order valence-corrected chi connectivity index (χ4v) is 2.14. The first-order valence-corrected chi connectivity index (χ1v) is 7.12.